The Balaban J connectivity index is 1.42. The van der Waals surface area contributed by atoms with Gasteiger partial charge < -0.3 is 5.32 Å². The molecule has 1 N–H and O–H groups in total. The summed E-state index contributed by atoms with van der Waals surface area (Å²) in [5.74, 6) is -0.137. The number of hydrogen-bond acceptors (Lipinski definition) is 3. The zero-order chi connectivity index (χ0) is 21.6. The summed E-state index contributed by atoms with van der Waals surface area (Å²) in [4.78, 5) is 26.3. The molecule has 2 aromatic carbocycles. The van der Waals surface area contributed by atoms with Crippen LogP contribution in [0.4, 0.5) is 5.69 Å². The van der Waals surface area contributed by atoms with Gasteiger partial charge in [0.15, 0.2) is 0 Å². The van der Waals surface area contributed by atoms with Gasteiger partial charge in [0.1, 0.15) is 0 Å². The fourth-order valence-corrected chi connectivity index (χ4v) is 5.38. The molecule has 1 unspecified atom stereocenters. The molecule has 2 aromatic rings. The number of Topliss-reactive ketones (excluding diaryl/α,β-unsaturated/α-hetero) is 1. The van der Waals surface area contributed by atoms with Crippen LogP contribution in [-0.4, -0.2) is 29.2 Å². The molecule has 1 atom stereocenters. The van der Waals surface area contributed by atoms with E-state index in [1.54, 1.807) is 0 Å². The first kappa shape index (κ1) is 21.8. The average molecular weight is 419 g/mol. The number of rotatable bonds is 9. The molecule has 1 amide bonds. The van der Waals surface area contributed by atoms with Gasteiger partial charge in [-0.2, -0.15) is 0 Å². The number of ketones is 1. The van der Waals surface area contributed by atoms with Crippen LogP contribution >= 0.6 is 0 Å². The van der Waals surface area contributed by atoms with Crippen molar-refractivity contribution in [2.24, 2.45) is 5.92 Å². The first-order chi connectivity index (χ1) is 15.2. The zero-order valence-electron chi connectivity index (χ0n) is 18.6. The van der Waals surface area contributed by atoms with Crippen molar-refractivity contribution in [2.75, 3.05) is 11.9 Å². The second-order valence-electron chi connectivity index (χ2n) is 9.07. The third kappa shape index (κ3) is 5.24. The summed E-state index contributed by atoms with van der Waals surface area (Å²) in [6, 6.07) is 17.3. The normalized spacial score (nSPS) is 17.6. The van der Waals surface area contributed by atoms with E-state index in [0.29, 0.717) is 17.3 Å². The molecule has 2 aliphatic rings. The summed E-state index contributed by atoms with van der Waals surface area (Å²) in [5, 5.41) is 2.64. The Morgan fingerprint density at radius 1 is 1.00 bits per heavy atom. The summed E-state index contributed by atoms with van der Waals surface area (Å²) in [6.45, 7) is 4.37. The molecular formula is C27H34N2O2. The Hall–Kier alpha value is -2.46. The molecule has 0 aromatic heterocycles. The van der Waals surface area contributed by atoms with E-state index in [1.165, 1.54) is 44.1 Å². The van der Waals surface area contributed by atoms with Crippen LogP contribution < -0.4 is 5.32 Å². The van der Waals surface area contributed by atoms with Gasteiger partial charge in [0.05, 0.1) is 11.3 Å². The lowest BCUT2D eigenvalue weighted by Crippen LogP contribution is -2.41. The zero-order valence-corrected chi connectivity index (χ0v) is 18.6. The van der Waals surface area contributed by atoms with Crippen molar-refractivity contribution in [3.63, 3.8) is 0 Å². The van der Waals surface area contributed by atoms with Gasteiger partial charge in [-0.15, -0.1) is 0 Å². The summed E-state index contributed by atoms with van der Waals surface area (Å²) in [7, 11) is 0. The van der Waals surface area contributed by atoms with Crippen molar-refractivity contribution in [1.29, 1.82) is 0 Å². The topological polar surface area (TPSA) is 49.4 Å². The lowest BCUT2D eigenvalue weighted by Gasteiger charge is -2.39. The Morgan fingerprint density at radius 2 is 1.77 bits per heavy atom. The summed E-state index contributed by atoms with van der Waals surface area (Å²) in [5.41, 5.74) is 3.72. The van der Waals surface area contributed by atoms with Crippen molar-refractivity contribution < 1.29 is 9.59 Å². The molecular weight excluding hydrogens is 384 g/mol. The van der Waals surface area contributed by atoms with E-state index in [9.17, 15) is 9.59 Å². The van der Waals surface area contributed by atoms with E-state index < -0.39 is 11.7 Å². The van der Waals surface area contributed by atoms with Crippen LogP contribution in [0.3, 0.4) is 0 Å². The van der Waals surface area contributed by atoms with Crippen molar-refractivity contribution in [2.45, 2.75) is 70.9 Å². The van der Waals surface area contributed by atoms with Gasteiger partial charge in [-0.3, -0.25) is 14.5 Å². The quantitative estimate of drug-likeness (QED) is 0.538. The molecule has 0 bridgehead atoms. The third-order valence-corrected chi connectivity index (χ3v) is 7.05. The van der Waals surface area contributed by atoms with Crippen LogP contribution in [0, 0.1) is 5.92 Å². The maximum atomic E-state index is 12.0. The van der Waals surface area contributed by atoms with E-state index in [0.717, 1.165) is 37.4 Å². The number of carbonyl (C=O) groups excluding carboxylic acids is 2. The fourth-order valence-electron chi connectivity index (χ4n) is 5.38. The molecule has 1 heterocycles. The maximum Gasteiger partial charge on any atom is 0.296 e. The molecule has 1 fully saturated rings. The van der Waals surface area contributed by atoms with E-state index >= 15 is 0 Å². The monoisotopic (exact) mass is 418 g/mol. The van der Waals surface area contributed by atoms with Gasteiger partial charge in [-0.1, -0.05) is 62.6 Å². The number of nitrogens with zero attached hydrogens (tertiary/aromatic N) is 1. The molecule has 31 heavy (non-hydrogen) atoms. The van der Waals surface area contributed by atoms with Crippen LogP contribution in [0.25, 0.3) is 0 Å². The smallest absolute Gasteiger partial charge is 0.296 e. The SMILES string of the molecule is CCN(Cc1ccccc1)C(CCCc1ccc2c(c1)C(=O)C(=O)N2)C1CCCCC1. The minimum Gasteiger partial charge on any atom is -0.318 e. The highest BCUT2D eigenvalue weighted by molar-refractivity contribution is 6.51. The summed E-state index contributed by atoms with van der Waals surface area (Å²) >= 11 is 0. The van der Waals surface area contributed by atoms with Crippen molar-refractivity contribution in [1.82, 2.24) is 4.90 Å². The lowest BCUT2D eigenvalue weighted by molar-refractivity contribution is -0.112. The van der Waals surface area contributed by atoms with Gasteiger partial charge in [-0.05, 0) is 67.8 Å². The Kier molecular flexibility index (Phi) is 7.18. The fraction of sp³-hybridized carbons (Fsp3) is 0.481. The van der Waals surface area contributed by atoms with Gasteiger partial charge in [0, 0.05) is 12.6 Å². The van der Waals surface area contributed by atoms with Crippen LogP contribution in [0.1, 0.15) is 73.4 Å². The van der Waals surface area contributed by atoms with E-state index in [2.05, 4.69) is 53.5 Å². The average Bonchev–Trinajstić information content (AvgIpc) is 3.10. The third-order valence-electron chi connectivity index (χ3n) is 7.05. The number of amides is 1. The summed E-state index contributed by atoms with van der Waals surface area (Å²) in [6.07, 6.45) is 10.0. The van der Waals surface area contributed by atoms with E-state index in [4.69, 9.17) is 0 Å². The molecule has 164 valence electrons. The van der Waals surface area contributed by atoms with Crippen molar-refractivity contribution in [3.8, 4) is 0 Å². The predicted octanol–water partition coefficient (Wildman–Crippen LogP) is 5.62. The van der Waals surface area contributed by atoms with E-state index in [-0.39, 0.29) is 0 Å². The highest BCUT2D eigenvalue weighted by Crippen LogP contribution is 2.32. The highest BCUT2D eigenvalue weighted by Gasteiger charge is 2.29. The second-order valence-corrected chi connectivity index (χ2v) is 9.07. The standard InChI is InChI=1S/C27H34N2O2/c1-2-29(19-21-10-5-3-6-11-21)25(22-13-7-4-8-14-22)15-9-12-20-16-17-24-23(18-20)26(30)27(31)28-24/h3,5-6,10-11,16-18,22,25H,2,4,7-9,12-15,19H2,1H3,(H,28,30,31). The lowest BCUT2D eigenvalue weighted by atomic mass is 9.81. The number of carbonyl (C=O) groups is 2. The first-order valence-corrected chi connectivity index (χ1v) is 11.9. The van der Waals surface area contributed by atoms with Crippen LogP contribution in [-0.2, 0) is 17.8 Å². The predicted molar refractivity (Wildman–Crippen MR) is 125 cm³/mol. The number of fused-ring (bicyclic) bond motifs is 1. The van der Waals surface area contributed by atoms with E-state index in [1.807, 2.05) is 12.1 Å². The second kappa shape index (κ2) is 10.2. The van der Waals surface area contributed by atoms with Crippen LogP contribution in [0.15, 0.2) is 48.5 Å². The summed E-state index contributed by atoms with van der Waals surface area (Å²) < 4.78 is 0. The highest BCUT2D eigenvalue weighted by atomic mass is 16.2. The molecule has 0 radical (unpaired) electrons. The number of hydrogen-bond donors (Lipinski definition) is 1. The molecule has 4 heteroatoms. The maximum absolute atomic E-state index is 12.0. The first-order valence-electron chi connectivity index (χ1n) is 11.9. The Morgan fingerprint density at radius 3 is 2.52 bits per heavy atom. The molecule has 1 aliphatic carbocycles. The van der Waals surface area contributed by atoms with Gasteiger partial charge in [0.2, 0.25) is 0 Å². The molecule has 0 spiro atoms. The van der Waals surface area contributed by atoms with Crippen molar-refractivity contribution >= 4 is 17.4 Å². The minimum atomic E-state index is -0.510. The van der Waals surface area contributed by atoms with Gasteiger partial charge in [0.25, 0.3) is 11.7 Å². The Labute approximate surface area is 186 Å². The molecule has 1 aliphatic heterocycles. The largest absolute Gasteiger partial charge is 0.318 e. The number of benzene rings is 2. The molecule has 0 saturated heterocycles. The molecule has 1 saturated carbocycles. The van der Waals surface area contributed by atoms with Gasteiger partial charge >= 0.3 is 0 Å². The molecule has 4 nitrogen and oxygen atoms in total. The van der Waals surface area contributed by atoms with Gasteiger partial charge in [-0.25, -0.2) is 0 Å². The molecule has 4 rings (SSSR count). The number of aryl methyl sites for hydroxylation is 1. The number of nitrogens with one attached hydrogen (secondary N) is 1. The number of anilines is 1. The van der Waals surface area contributed by atoms with Crippen molar-refractivity contribution in [3.05, 3.63) is 65.2 Å². The van der Waals surface area contributed by atoms with Crippen LogP contribution in [0.2, 0.25) is 0 Å². The van der Waals surface area contributed by atoms with Crippen LogP contribution in [0.5, 0.6) is 0 Å². The Bertz CT molecular complexity index is 903. The minimum absolute atomic E-state index is 0.406.